The predicted octanol–water partition coefficient (Wildman–Crippen LogP) is 13.2. The van der Waals surface area contributed by atoms with Crippen molar-refractivity contribution >= 4 is 17.8 Å². The average Bonchev–Trinajstić information content (AvgIpc) is 3.17. The number of carbonyl (C=O) groups is 3. The van der Waals surface area contributed by atoms with Gasteiger partial charge in [-0.2, -0.15) is 0 Å². The van der Waals surface area contributed by atoms with Gasteiger partial charge in [-0.3, -0.25) is 14.4 Å². The lowest BCUT2D eigenvalue weighted by Crippen LogP contribution is -2.31. The van der Waals surface area contributed by atoms with Crippen molar-refractivity contribution in [1.29, 1.82) is 0 Å². The van der Waals surface area contributed by atoms with Gasteiger partial charge in [0.15, 0.2) is 0 Å². The van der Waals surface area contributed by atoms with Gasteiger partial charge in [-0.1, -0.05) is 163 Å². The lowest BCUT2D eigenvalue weighted by atomic mass is 10.0. The zero-order chi connectivity index (χ0) is 39.6. The maximum absolute atomic E-state index is 12.8. The van der Waals surface area contributed by atoms with Gasteiger partial charge in [0.1, 0.15) is 6.10 Å². The standard InChI is InChI=1S/C47H92N2O5/c1-5-9-12-15-17-26-33-43-53-46(51)37-29-22-18-24-31-40-49(42-34-39-48-45(50)8-4)41-32-25-19-23-30-38-47(52)54-44(35-27-20-14-11-7-3)36-28-21-16-13-10-6-2/h44H,5-43H2,1-4H3,(H,48,50). The zero-order valence-corrected chi connectivity index (χ0v) is 36.6. The van der Waals surface area contributed by atoms with Crippen molar-refractivity contribution in [3.63, 3.8) is 0 Å². The molecule has 1 unspecified atom stereocenters. The summed E-state index contributed by atoms with van der Waals surface area (Å²) in [6.45, 7) is 13.2. The summed E-state index contributed by atoms with van der Waals surface area (Å²) in [6.07, 6.45) is 38.5. The largest absolute Gasteiger partial charge is 0.466 e. The van der Waals surface area contributed by atoms with Crippen molar-refractivity contribution in [3.05, 3.63) is 0 Å². The molecule has 1 atom stereocenters. The first-order valence-electron chi connectivity index (χ1n) is 23.8. The third-order valence-corrected chi connectivity index (χ3v) is 10.8. The quantitative estimate of drug-likeness (QED) is 0.0491. The average molecular weight is 765 g/mol. The van der Waals surface area contributed by atoms with Crippen molar-refractivity contribution in [2.24, 2.45) is 0 Å². The summed E-state index contributed by atoms with van der Waals surface area (Å²) < 4.78 is 11.5. The molecule has 0 aromatic rings. The molecule has 54 heavy (non-hydrogen) atoms. The molecule has 0 fully saturated rings. The second kappa shape index (κ2) is 42.5. The van der Waals surface area contributed by atoms with E-state index in [2.05, 4.69) is 31.0 Å². The van der Waals surface area contributed by atoms with Crippen molar-refractivity contribution in [2.45, 2.75) is 252 Å². The zero-order valence-electron chi connectivity index (χ0n) is 36.6. The molecule has 0 saturated carbocycles. The van der Waals surface area contributed by atoms with Crippen LogP contribution in [0.2, 0.25) is 0 Å². The number of unbranched alkanes of at least 4 members (excludes halogenated alkanes) is 23. The Morgan fingerprint density at radius 3 is 1.37 bits per heavy atom. The molecule has 0 rings (SSSR count). The van der Waals surface area contributed by atoms with E-state index in [1.54, 1.807) is 0 Å². The molecule has 0 bridgehead atoms. The van der Waals surface area contributed by atoms with E-state index < -0.39 is 0 Å². The van der Waals surface area contributed by atoms with Crippen LogP contribution in [0.1, 0.15) is 246 Å². The van der Waals surface area contributed by atoms with Crippen LogP contribution in [0.4, 0.5) is 0 Å². The van der Waals surface area contributed by atoms with E-state index in [1.165, 1.54) is 135 Å². The monoisotopic (exact) mass is 765 g/mol. The smallest absolute Gasteiger partial charge is 0.306 e. The molecule has 0 saturated heterocycles. The summed E-state index contributed by atoms with van der Waals surface area (Å²) in [6, 6.07) is 0. The molecule has 0 spiro atoms. The molecule has 7 heteroatoms. The van der Waals surface area contributed by atoms with E-state index >= 15 is 0 Å². The van der Waals surface area contributed by atoms with Crippen molar-refractivity contribution in [1.82, 2.24) is 10.2 Å². The predicted molar refractivity (Wildman–Crippen MR) is 230 cm³/mol. The van der Waals surface area contributed by atoms with Gasteiger partial charge in [-0.25, -0.2) is 0 Å². The Labute approximate surface area is 336 Å². The number of esters is 2. The second-order valence-electron chi connectivity index (χ2n) is 16.1. The first-order valence-corrected chi connectivity index (χ1v) is 23.8. The van der Waals surface area contributed by atoms with Gasteiger partial charge >= 0.3 is 11.9 Å². The summed E-state index contributed by atoms with van der Waals surface area (Å²) in [7, 11) is 0. The lowest BCUT2D eigenvalue weighted by Gasteiger charge is -2.22. The highest BCUT2D eigenvalue weighted by molar-refractivity contribution is 5.75. The Hall–Kier alpha value is -1.63. The highest BCUT2D eigenvalue weighted by atomic mass is 16.5. The van der Waals surface area contributed by atoms with Crippen LogP contribution in [0, 0.1) is 0 Å². The first-order chi connectivity index (χ1) is 26.5. The summed E-state index contributed by atoms with van der Waals surface area (Å²) in [5.74, 6) is 0.112. The number of ether oxygens (including phenoxy) is 2. The van der Waals surface area contributed by atoms with Crippen LogP contribution in [0.3, 0.4) is 0 Å². The minimum atomic E-state index is -0.0294. The number of rotatable bonds is 43. The molecule has 7 nitrogen and oxygen atoms in total. The fourth-order valence-corrected chi connectivity index (χ4v) is 7.21. The van der Waals surface area contributed by atoms with Crippen LogP contribution in [0.25, 0.3) is 0 Å². The summed E-state index contributed by atoms with van der Waals surface area (Å²) >= 11 is 0. The molecule has 0 aliphatic carbocycles. The number of amides is 1. The maximum Gasteiger partial charge on any atom is 0.306 e. The summed E-state index contributed by atoms with van der Waals surface area (Å²) in [5.41, 5.74) is 0. The van der Waals surface area contributed by atoms with Gasteiger partial charge in [-0.15, -0.1) is 0 Å². The van der Waals surface area contributed by atoms with Gasteiger partial charge in [0, 0.05) is 25.8 Å². The Morgan fingerprint density at radius 2 is 0.870 bits per heavy atom. The number of nitrogens with zero attached hydrogens (tertiary/aromatic N) is 1. The topological polar surface area (TPSA) is 84.9 Å². The maximum atomic E-state index is 12.8. The van der Waals surface area contributed by atoms with Crippen LogP contribution < -0.4 is 5.32 Å². The Balaban J connectivity index is 4.27. The van der Waals surface area contributed by atoms with Gasteiger partial charge in [0.05, 0.1) is 6.61 Å². The normalized spacial score (nSPS) is 11.9. The lowest BCUT2D eigenvalue weighted by molar-refractivity contribution is -0.150. The van der Waals surface area contributed by atoms with Crippen molar-refractivity contribution < 1.29 is 23.9 Å². The molecule has 1 amide bonds. The molecule has 0 heterocycles. The van der Waals surface area contributed by atoms with Crippen molar-refractivity contribution in [3.8, 4) is 0 Å². The van der Waals surface area contributed by atoms with Crippen LogP contribution in [0.15, 0.2) is 0 Å². The third kappa shape index (κ3) is 38.6. The number of hydrogen-bond acceptors (Lipinski definition) is 6. The second-order valence-corrected chi connectivity index (χ2v) is 16.1. The van der Waals surface area contributed by atoms with Crippen LogP contribution in [-0.4, -0.2) is 61.6 Å². The Morgan fingerprint density at radius 1 is 0.463 bits per heavy atom. The molecular formula is C47H92N2O5. The van der Waals surface area contributed by atoms with Crippen LogP contribution in [0.5, 0.6) is 0 Å². The highest BCUT2D eigenvalue weighted by Crippen LogP contribution is 2.18. The minimum Gasteiger partial charge on any atom is -0.466 e. The van der Waals surface area contributed by atoms with E-state index in [-0.39, 0.29) is 23.9 Å². The van der Waals surface area contributed by atoms with Gasteiger partial charge < -0.3 is 19.7 Å². The van der Waals surface area contributed by atoms with E-state index in [4.69, 9.17) is 9.47 Å². The van der Waals surface area contributed by atoms with E-state index in [0.29, 0.717) is 25.9 Å². The molecular weight excluding hydrogens is 673 g/mol. The van der Waals surface area contributed by atoms with Crippen molar-refractivity contribution in [2.75, 3.05) is 32.8 Å². The molecule has 0 aliphatic rings. The fraction of sp³-hybridized carbons (Fsp3) is 0.936. The van der Waals surface area contributed by atoms with Crippen LogP contribution in [-0.2, 0) is 23.9 Å². The molecule has 1 N–H and O–H groups in total. The van der Waals surface area contributed by atoms with Gasteiger partial charge in [0.25, 0.3) is 0 Å². The Bertz CT molecular complexity index is 822. The number of carbonyl (C=O) groups excluding carboxylic acids is 3. The van der Waals surface area contributed by atoms with E-state index in [1.807, 2.05) is 6.92 Å². The molecule has 0 aliphatic heterocycles. The molecule has 0 aromatic heterocycles. The fourth-order valence-electron chi connectivity index (χ4n) is 7.21. The summed E-state index contributed by atoms with van der Waals surface area (Å²) in [5, 5.41) is 3.02. The third-order valence-electron chi connectivity index (χ3n) is 10.8. The first kappa shape index (κ1) is 52.4. The van der Waals surface area contributed by atoms with E-state index in [0.717, 1.165) is 90.4 Å². The molecule has 0 aromatic carbocycles. The van der Waals surface area contributed by atoms with Gasteiger partial charge in [-0.05, 0) is 83.8 Å². The molecule has 0 radical (unpaired) electrons. The number of nitrogens with one attached hydrogen (secondary N) is 1. The molecule has 320 valence electrons. The highest BCUT2D eigenvalue weighted by Gasteiger charge is 2.14. The van der Waals surface area contributed by atoms with Gasteiger partial charge in [0.2, 0.25) is 5.91 Å². The summed E-state index contributed by atoms with van der Waals surface area (Å²) in [4.78, 5) is 39.1. The van der Waals surface area contributed by atoms with E-state index in [9.17, 15) is 14.4 Å². The minimum absolute atomic E-state index is 0.0135. The van der Waals surface area contributed by atoms with Crippen LogP contribution >= 0.6 is 0 Å². The SMILES string of the molecule is CCCCCCCCCOC(=O)CCCCCCCN(CCCCCCCC(=O)OC(CCCCCCC)CCCCCCCC)CCCNC(=O)CC. The Kier molecular flexibility index (Phi) is 41.2. The number of hydrogen-bond donors (Lipinski definition) is 1.